The Morgan fingerprint density at radius 1 is 1.33 bits per heavy atom. The van der Waals surface area contributed by atoms with Crippen LogP contribution in [0.2, 0.25) is 0 Å². The van der Waals surface area contributed by atoms with Crippen molar-refractivity contribution in [1.82, 2.24) is 5.32 Å². The third kappa shape index (κ3) is 5.41. The van der Waals surface area contributed by atoms with Crippen molar-refractivity contribution in [3.8, 4) is 5.75 Å². The third-order valence-electron chi connectivity index (χ3n) is 2.45. The molecule has 1 aromatic rings. The largest absolute Gasteiger partial charge is 0.496 e. The zero-order chi connectivity index (χ0) is 16.2. The standard InChI is InChI=1S/C14H19IN2O4/c1-14(2,3)21-13(19)17-11(12(16)18)8-5-6-10(20-4)9(15)7-8/h5-7,11H,1-4H3,(H2,16,18)(H,17,19)/t11-/m0/s1. The first-order valence-electron chi connectivity index (χ1n) is 6.26. The van der Waals surface area contributed by atoms with Gasteiger partial charge in [-0.1, -0.05) is 6.07 Å². The number of nitrogens with one attached hydrogen (secondary N) is 1. The van der Waals surface area contributed by atoms with E-state index in [4.69, 9.17) is 15.2 Å². The number of methoxy groups -OCH3 is 1. The number of nitrogens with two attached hydrogens (primary N) is 1. The molecule has 3 N–H and O–H groups in total. The van der Waals surface area contributed by atoms with Crippen molar-refractivity contribution in [1.29, 1.82) is 0 Å². The normalized spacial score (nSPS) is 12.4. The molecule has 1 aromatic carbocycles. The molecule has 1 rings (SSSR count). The molecule has 1 atom stereocenters. The van der Waals surface area contributed by atoms with Crippen LogP contribution in [0.3, 0.4) is 0 Å². The highest BCUT2D eigenvalue weighted by molar-refractivity contribution is 14.1. The van der Waals surface area contributed by atoms with Crippen LogP contribution in [0.1, 0.15) is 32.4 Å². The number of halogens is 1. The lowest BCUT2D eigenvalue weighted by Gasteiger charge is -2.22. The van der Waals surface area contributed by atoms with Gasteiger partial charge in [0.2, 0.25) is 5.91 Å². The van der Waals surface area contributed by atoms with E-state index in [2.05, 4.69) is 27.9 Å². The maximum Gasteiger partial charge on any atom is 0.408 e. The highest BCUT2D eigenvalue weighted by Gasteiger charge is 2.24. The summed E-state index contributed by atoms with van der Waals surface area (Å²) in [6.07, 6.45) is -0.697. The minimum absolute atomic E-state index is 0.568. The van der Waals surface area contributed by atoms with Gasteiger partial charge < -0.3 is 20.5 Å². The molecule has 0 aromatic heterocycles. The highest BCUT2D eigenvalue weighted by atomic mass is 127. The maximum absolute atomic E-state index is 11.8. The summed E-state index contributed by atoms with van der Waals surface area (Å²) in [7, 11) is 1.56. The van der Waals surface area contributed by atoms with Crippen LogP contribution in [0, 0.1) is 3.57 Å². The summed E-state index contributed by atoms with van der Waals surface area (Å²) >= 11 is 2.08. The number of alkyl carbamates (subject to hydrolysis) is 1. The van der Waals surface area contributed by atoms with Gasteiger partial charge in [0.05, 0.1) is 10.7 Å². The molecule has 0 fully saturated rings. The highest BCUT2D eigenvalue weighted by Crippen LogP contribution is 2.25. The van der Waals surface area contributed by atoms with Crippen molar-refractivity contribution in [2.45, 2.75) is 32.4 Å². The Hall–Kier alpha value is -1.51. The number of hydrogen-bond donors (Lipinski definition) is 2. The van der Waals surface area contributed by atoms with Gasteiger partial charge >= 0.3 is 6.09 Å². The average Bonchev–Trinajstić information content (AvgIpc) is 2.33. The Labute approximate surface area is 137 Å². The average molecular weight is 406 g/mol. The number of amides is 2. The molecule has 0 aliphatic rings. The zero-order valence-electron chi connectivity index (χ0n) is 12.4. The van der Waals surface area contributed by atoms with Gasteiger partial charge in [-0.05, 0) is 61.1 Å². The second-order valence-electron chi connectivity index (χ2n) is 5.38. The second-order valence-corrected chi connectivity index (χ2v) is 6.54. The first kappa shape index (κ1) is 17.5. The first-order valence-corrected chi connectivity index (χ1v) is 7.34. The number of carbonyl (C=O) groups is 2. The summed E-state index contributed by atoms with van der Waals surface area (Å²) in [4.78, 5) is 23.4. The summed E-state index contributed by atoms with van der Waals surface area (Å²) in [5, 5.41) is 2.47. The Morgan fingerprint density at radius 3 is 2.38 bits per heavy atom. The number of primary amides is 1. The fraction of sp³-hybridized carbons (Fsp3) is 0.429. The topological polar surface area (TPSA) is 90.7 Å². The van der Waals surface area contributed by atoms with Crippen LogP contribution >= 0.6 is 22.6 Å². The number of hydrogen-bond acceptors (Lipinski definition) is 4. The van der Waals surface area contributed by atoms with Crippen molar-refractivity contribution in [2.75, 3.05) is 7.11 Å². The van der Waals surface area contributed by atoms with Gasteiger partial charge in [-0.15, -0.1) is 0 Å². The lowest BCUT2D eigenvalue weighted by Crippen LogP contribution is -2.40. The minimum atomic E-state index is -0.959. The summed E-state index contributed by atoms with van der Waals surface area (Å²) < 4.78 is 11.1. The van der Waals surface area contributed by atoms with Gasteiger partial charge in [0, 0.05) is 0 Å². The van der Waals surface area contributed by atoms with Gasteiger partial charge in [0.25, 0.3) is 0 Å². The van der Waals surface area contributed by atoms with Crippen molar-refractivity contribution >= 4 is 34.6 Å². The van der Waals surface area contributed by atoms with Crippen molar-refractivity contribution in [2.24, 2.45) is 5.73 Å². The Bertz CT molecular complexity index is 540. The van der Waals surface area contributed by atoms with E-state index in [-0.39, 0.29) is 0 Å². The maximum atomic E-state index is 11.8. The van der Waals surface area contributed by atoms with Crippen molar-refractivity contribution < 1.29 is 19.1 Å². The fourth-order valence-electron chi connectivity index (χ4n) is 1.61. The summed E-state index contributed by atoms with van der Waals surface area (Å²) in [5.74, 6) is 0.0154. The SMILES string of the molecule is COc1ccc([C@H](NC(=O)OC(C)(C)C)C(N)=O)cc1I. The molecule has 7 heteroatoms. The molecule has 116 valence electrons. The lowest BCUT2D eigenvalue weighted by molar-refractivity contribution is -0.120. The van der Waals surface area contributed by atoms with Gasteiger partial charge in [-0.25, -0.2) is 4.79 Å². The number of carbonyl (C=O) groups excluding carboxylic acids is 2. The van der Waals surface area contributed by atoms with Crippen LogP contribution in [0.5, 0.6) is 5.75 Å². The number of ether oxygens (including phenoxy) is 2. The van der Waals surface area contributed by atoms with Crippen LogP contribution in [0.4, 0.5) is 4.79 Å². The number of benzene rings is 1. The van der Waals surface area contributed by atoms with Crippen LogP contribution in [-0.2, 0) is 9.53 Å². The van der Waals surface area contributed by atoms with E-state index in [0.29, 0.717) is 11.3 Å². The summed E-state index contributed by atoms with van der Waals surface area (Å²) in [6, 6.07) is 4.16. The predicted molar refractivity (Wildman–Crippen MR) is 87.0 cm³/mol. The fourth-order valence-corrected chi connectivity index (χ4v) is 2.37. The predicted octanol–water partition coefficient (Wildman–Crippen LogP) is 2.35. The first-order chi connectivity index (χ1) is 9.64. The van der Waals surface area contributed by atoms with Crippen LogP contribution in [0.15, 0.2) is 18.2 Å². The van der Waals surface area contributed by atoms with Crippen LogP contribution in [-0.4, -0.2) is 24.7 Å². The monoisotopic (exact) mass is 406 g/mol. The molecular formula is C14H19IN2O4. The van der Waals surface area contributed by atoms with E-state index in [1.165, 1.54) is 0 Å². The molecule has 0 heterocycles. The quantitative estimate of drug-likeness (QED) is 0.752. The van der Waals surface area contributed by atoms with E-state index >= 15 is 0 Å². The van der Waals surface area contributed by atoms with E-state index in [0.717, 1.165) is 3.57 Å². The molecular weight excluding hydrogens is 387 g/mol. The van der Waals surface area contributed by atoms with Gasteiger partial charge in [0.1, 0.15) is 17.4 Å². The van der Waals surface area contributed by atoms with E-state index < -0.39 is 23.6 Å². The van der Waals surface area contributed by atoms with Crippen LogP contribution in [0.25, 0.3) is 0 Å². The lowest BCUT2D eigenvalue weighted by atomic mass is 10.1. The Kier molecular flexibility index (Phi) is 5.82. The molecule has 2 amide bonds. The van der Waals surface area contributed by atoms with Gasteiger partial charge in [0.15, 0.2) is 0 Å². The second kappa shape index (κ2) is 6.97. The van der Waals surface area contributed by atoms with E-state index in [9.17, 15) is 9.59 Å². The molecule has 0 bridgehead atoms. The molecule has 0 aliphatic carbocycles. The molecule has 0 aliphatic heterocycles. The Balaban J connectivity index is 2.95. The molecule has 0 spiro atoms. The van der Waals surface area contributed by atoms with Crippen molar-refractivity contribution in [3.63, 3.8) is 0 Å². The van der Waals surface area contributed by atoms with Gasteiger partial charge in [-0.2, -0.15) is 0 Å². The smallest absolute Gasteiger partial charge is 0.408 e. The zero-order valence-corrected chi connectivity index (χ0v) is 14.6. The summed E-state index contributed by atoms with van der Waals surface area (Å²) in [6.45, 7) is 5.21. The molecule has 0 saturated carbocycles. The van der Waals surface area contributed by atoms with Crippen LogP contribution < -0.4 is 15.8 Å². The van der Waals surface area contributed by atoms with Gasteiger partial charge in [-0.3, -0.25) is 4.79 Å². The molecule has 0 radical (unpaired) electrons. The summed E-state index contributed by atoms with van der Waals surface area (Å²) in [5.41, 5.74) is 5.27. The molecule has 0 saturated heterocycles. The van der Waals surface area contributed by atoms with Crippen molar-refractivity contribution in [3.05, 3.63) is 27.3 Å². The third-order valence-corrected chi connectivity index (χ3v) is 3.30. The van der Waals surface area contributed by atoms with E-state index in [1.54, 1.807) is 46.1 Å². The molecule has 6 nitrogen and oxygen atoms in total. The Morgan fingerprint density at radius 2 is 1.95 bits per heavy atom. The number of rotatable bonds is 4. The molecule has 21 heavy (non-hydrogen) atoms. The minimum Gasteiger partial charge on any atom is -0.496 e. The molecule has 0 unspecified atom stereocenters. The van der Waals surface area contributed by atoms with E-state index in [1.807, 2.05) is 0 Å².